The molecular weight excluding hydrogens is 224 g/mol. The van der Waals surface area contributed by atoms with Crippen LogP contribution in [0.4, 0.5) is 0 Å². The molecule has 1 aliphatic rings. The van der Waals surface area contributed by atoms with Crippen LogP contribution >= 0.6 is 0 Å². The lowest BCUT2D eigenvalue weighted by Crippen LogP contribution is -2.36. The SMILES string of the molecule is CCCNC(CCN(CC)CC)C1=COCCC1. The summed E-state index contributed by atoms with van der Waals surface area (Å²) in [5.41, 5.74) is 1.46. The molecule has 0 fully saturated rings. The molecular formula is C15H30N2O. The zero-order chi connectivity index (χ0) is 13.2. The molecule has 0 saturated carbocycles. The maximum Gasteiger partial charge on any atom is 0.0876 e. The summed E-state index contributed by atoms with van der Waals surface area (Å²) in [6.45, 7) is 12.1. The van der Waals surface area contributed by atoms with Crippen LogP contribution in [0.2, 0.25) is 0 Å². The van der Waals surface area contributed by atoms with Gasteiger partial charge in [-0.2, -0.15) is 0 Å². The second-order valence-corrected chi connectivity index (χ2v) is 4.99. The van der Waals surface area contributed by atoms with E-state index in [1.807, 2.05) is 6.26 Å². The van der Waals surface area contributed by atoms with Crippen molar-refractivity contribution in [3.8, 4) is 0 Å². The second-order valence-electron chi connectivity index (χ2n) is 4.99. The monoisotopic (exact) mass is 254 g/mol. The number of hydrogen-bond acceptors (Lipinski definition) is 3. The van der Waals surface area contributed by atoms with Crippen molar-refractivity contribution in [2.24, 2.45) is 0 Å². The van der Waals surface area contributed by atoms with Gasteiger partial charge in [-0.15, -0.1) is 0 Å². The summed E-state index contributed by atoms with van der Waals surface area (Å²) >= 11 is 0. The number of rotatable bonds is 9. The van der Waals surface area contributed by atoms with Gasteiger partial charge in [0.05, 0.1) is 12.9 Å². The molecule has 106 valence electrons. The van der Waals surface area contributed by atoms with Crippen LogP contribution in [0.3, 0.4) is 0 Å². The standard InChI is InChI=1S/C15H30N2O/c1-4-10-16-15(9-11-17(5-2)6-3)14-8-7-12-18-13-14/h13,15-16H,4-12H2,1-3H3. The fourth-order valence-electron chi connectivity index (χ4n) is 2.43. The molecule has 0 radical (unpaired) electrons. The molecule has 1 aliphatic heterocycles. The Morgan fingerprint density at radius 1 is 1.33 bits per heavy atom. The lowest BCUT2D eigenvalue weighted by atomic mass is 9.99. The molecule has 1 N–H and O–H groups in total. The van der Waals surface area contributed by atoms with E-state index >= 15 is 0 Å². The Morgan fingerprint density at radius 3 is 2.67 bits per heavy atom. The fraction of sp³-hybridized carbons (Fsp3) is 0.867. The van der Waals surface area contributed by atoms with Gasteiger partial charge < -0.3 is 15.0 Å². The molecule has 0 spiro atoms. The molecule has 1 heterocycles. The fourth-order valence-corrected chi connectivity index (χ4v) is 2.43. The van der Waals surface area contributed by atoms with Gasteiger partial charge in [-0.1, -0.05) is 20.8 Å². The first kappa shape index (κ1) is 15.5. The molecule has 3 heteroatoms. The van der Waals surface area contributed by atoms with Crippen LogP contribution in [0.25, 0.3) is 0 Å². The van der Waals surface area contributed by atoms with Gasteiger partial charge in [-0.05, 0) is 57.4 Å². The van der Waals surface area contributed by atoms with E-state index in [0.29, 0.717) is 6.04 Å². The van der Waals surface area contributed by atoms with Crippen molar-refractivity contribution in [2.75, 3.05) is 32.8 Å². The van der Waals surface area contributed by atoms with Gasteiger partial charge in [0, 0.05) is 6.04 Å². The first-order valence-electron chi connectivity index (χ1n) is 7.58. The molecule has 1 rings (SSSR count). The van der Waals surface area contributed by atoms with Crippen LogP contribution < -0.4 is 5.32 Å². The van der Waals surface area contributed by atoms with Gasteiger partial charge in [0.1, 0.15) is 0 Å². The third-order valence-electron chi connectivity index (χ3n) is 3.68. The summed E-state index contributed by atoms with van der Waals surface area (Å²) in [5, 5.41) is 3.67. The summed E-state index contributed by atoms with van der Waals surface area (Å²) in [7, 11) is 0. The normalized spacial score (nSPS) is 17.4. The maximum atomic E-state index is 5.49. The van der Waals surface area contributed by atoms with E-state index < -0.39 is 0 Å². The van der Waals surface area contributed by atoms with Crippen LogP contribution in [0.1, 0.15) is 46.5 Å². The van der Waals surface area contributed by atoms with Crippen molar-refractivity contribution in [1.82, 2.24) is 10.2 Å². The summed E-state index contributed by atoms with van der Waals surface area (Å²) in [5.74, 6) is 0. The van der Waals surface area contributed by atoms with Crippen molar-refractivity contribution in [3.05, 3.63) is 11.8 Å². The smallest absolute Gasteiger partial charge is 0.0876 e. The van der Waals surface area contributed by atoms with E-state index in [4.69, 9.17) is 4.74 Å². The van der Waals surface area contributed by atoms with Gasteiger partial charge in [-0.25, -0.2) is 0 Å². The highest BCUT2D eigenvalue weighted by atomic mass is 16.5. The average molecular weight is 254 g/mol. The van der Waals surface area contributed by atoms with Crippen LogP contribution in [0.15, 0.2) is 11.8 Å². The van der Waals surface area contributed by atoms with Crippen molar-refractivity contribution in [1.29, 1.82) is 0 Å². The Labute approximate surface area is 113 Å². The minimum absolute atomic E-state index is 0.505. The van der Waals surface area contributed by atoms with E-state index in [1.165, 1.54) is 37.8 Å². The molecule has 0 aliphatic carbocycles. The lowest BCUT2D eigenvalue weighted by Gasteiger charge is -2.27. The van der Waals surface area contributed by atoms with E-state index in [0.717, 1.165) is 26.2 Å². The average Bonchev–Trinajstić information content (AvgIpc) is 2.44. The largest absolute Gasteiger partial charge is 0.501 e. The Kier molecular flexibility index (Phi) is 8.10. The maximum absolute atomic E-state index is 5.49. The van der Waals surface area contributed by atoms with Gasteiger partial charge >= 0.3 is 0 Å². The first-order chi connectivity index (χ1) is 8.81. The predicted octanol–water partition coefficient (Wildman–Crippen LogP) is 2.78. The number of nitrogens with zero attached hydrogens (tertiary/aromatic N) is 1. The van der Waals surface area contributed by atoms with Crippen molar-refractivity contribution in [2.45, 2.75) is 52.5 Å². The minimum atomic E-state index is 0.505. The van der Waals surface area contributed by atoms with E-state index in [2.05, 4.69) is 31.0 Å². The first-order valence-corrected chi connectivity index (χ1v) is 7.58. The summed E-state index contributed by atoms with van der Waals surface area (Å²) < 4.78 is 5.49. The van der Waals surface area contributed by atoms with E-state index in [-0.39, 0.29) is 0 Å². The third-order valence-corrected chi connectivity index (χ3v) is 3.68. The topological polar surface area (TPSA) is 24.5 Å². The molecule has 3 nitrogen and oxygen atoms in total. The zero-order valence-corrected chi connectivity index (χ0v) is 12.4. The molecule has 0 amide bonds. The highest BCUT2D eigenvalue weighted by Crippen LogP contribution is 2.18. The Morgan fingerprint density at radius 2 is 2.11 bits per heavy atom. The zero-order valence-electron chi connectivity index (χ0n) is 12.4. The molecule has 1 unspecified atom stereocenters. The minimum Gasteiger partial charge on any atom is -0.501 e. The van der Waals surface area contributed by atoms with E-state index in [1.54, 1.807) is 0 Å². The van der Waals surface area contributed by atoms with Crippen molar-refractivity contribution >= 4 is 0 Å². The molecule has 0 aromatic heterocycles. The number of ether oxygens (including phenoxy) is 1. The number of nitrogens with one attached hydrogen (secondary N) is 1. The third kappa shape index (κ3) is 5.40. The highest BCUT2D eigenvalue weighted by Gasteiger charge is 2.17. The van der Waals surface area contributed by atoms with Crippen molar-refractivity contribution < 1.29 is 4.74 Å². The summed E-state index contributed by atoms with van der Waals surface area (Å²) in [6, 6.07) is 0.505. The molecule has 0 aromatic carbocycles. The quantitative estimate of drug-likeness (QED) is 0.685. The van der Waals surface area contributed by atoms with Crippen LogP contribution in [0, 0.1) is 0 Å². The number of hydrogen-bond donors (Lipinski definition) is 1. The van der Waals surface area contributed by atoms with Gasteiger partial charge in [0.25, 0.3) is 0 Å². The predicted molar refractivity (Wildman–Crippen MR) is 77.8 cm³/mol. The molecule has 1 atom stereocenters. The summed E-state index contributed by atoms with van der Waals surface area (Å²) in [6.07, 6.45) is 6.74. The van der Waals surface area contributed by atoms with Crippen LogP contribution in [0.5, 0.6) is 0 Å². The Hall–Kier alpha value is -0.540. The summed E-state index contributed by atoms with van der Waals surface area (Å²) in [4.78, 5) is 2.49. The molecule has 18 heavy (non-hydrogen) atoms. The van der Waals surface area contributed by atoms with Gasteiger partial charge in [0.15, 0.2) is 0 Å². The van der Waals surface area contributed by atoms with Gasteiger partial charge in [0.2, 0.25) is 0 Å². The lowest BCUT2D eigenvalue weighted by molar-refractivity contribution is 0.215. The highest BCUT2D eigenvalue weighted by molar-refractivity contribution is 5.10. The van der Waals surface area contributed by atoms with E-state index in [9.17, 15) is 0 Å². The second kappa shape index (κ2) is 9.40. The molecule has 0 saturated heterocycles. The van der Waals surface area contributed by atoms with Gasteiger partial charge in [-0.3, -0.25) is 0 Å². The van der Waals surface area contributed by atoms with Crippen LogP contribution in [-0.2, 0) is 4.74 Å². The Bertz CT molecular complexity index is 237. The molecule has 0 bridgehead atoms. The van der Waals surface area contributed by atoms with Crippen molar-refractivity contribution in [3.63, 3.8) is 0 Å². The molecule has 0 aromatic rings. The Balaban J connectivity index is 2.46. The van der Waals surface area contributed by atoms with Crippen LogP contribution in [-0.4, -0.2) is 43.7 Å².